The number of hydrogen-bond acceptors (Lipinski definition) is 4. The van der Waals surface area contributed by atoms with Crippen LogP contribution >= 0.6 is 0 Å². The second kappa shape index (κ2) is 25.6. The first kappa shape index (κ1) is 40.1. The zero-order valence-electron chi connectivity index (χ0n) is 27.6. The summed E-state index contributed by atoms with van der Waals surface area (Å²) >= 11 is 0. The standard InChI is InChI=1S/C35H65NO6/c1-5-6-7-8-9-10-11-12-13-14-15-16-17-18-19-20-21-22-23-24-25-26-36(27-30(2)33(37)38,28-31(3)34(39)40)29-32(4)35(41)42/h10-11,30-32H,5-9,12-29H2,1-4H3,(H2-,37,38,39,40,41,42)/b11-10+. The highest BCUT2D eigenvalue weighted by atomic mass is 16.4. The van der Waals surface area contributed by atoms with Gasteiger partial charge in [-0.1, -0.05) is 109 Å². The van der Waals surface area contributed by atoms with Crippen LogP contribution in [0.1, 0.15) is 150 Å². The molecule has 42 heavy (non-hydrogen) atoms. The number of allylic oxidation sites excluding steroid dienone is 2. The van der Waals surface area contributed by atoms with Crippen molar-refractivity contribution in [2.45, 2.75) is 150 Å². The third-order valence-electron chi connectivity index (χ3n) is 8.62. The van der Waals surface area contributed by atoms with Gasteiger partial charge in [0.1, 0.15) is 11.8 Å². The van der Waals surface area contributed by atoms with Crippen molar-refractivity contribution in [3.63, 3.8) is 0 Å². The average molecular weight is 596 g/mol. The normalized spacial score (nSPS) is 15.3. The summed E-state index contributed by atoms with van der Waals surface area (Å²) in [6.45, 7) is 8.26. The number of unbranched alkanes of at least 4 members (excludes halogenated alkanes) is 17. The molecule has 0 spiro atoms. The highest BCUT2D eigenvalue weighted by molar-refractivity contribution is 5.70. The number of carbonyl (C=O) groups is 3. The molecule has 2 N–H and O–H groups in total. The van der Waals surface area contributed by atoms with Crippen LogP contribution in [0, 0.1) is 17.8 Å². The number of carbonyl (C=O) groups excluding carboxylic acids is 1. The maximum Gasteiger partial charge on any atom is 0.311 e. The van der Waals surface area contributed by atoms with Gasteiger partial charge in [0.15, 0.2) is 0 Å². The second-order valence-corrected chi connectivity index (χ2v) is 13.0. The monoisotopic (exact) mass is 595 g/mol. The lowest BCUT2D eigenvalue weighted by molar-refractivity contribution is -0.934. The summed E-state index contributed by atoms with van der Waals surface area (Å²) in [5.74, 6) is -5.23. The van der Waals surface area contributed by atoms with Gasteiger partial charge in [-0.25, -0.2) is 0 Å². The van der Waals surface area contributed by atoms with Crippen molar-refractivity contribution < 1.29 is 34.2 Å². The molecule has 0 saturated carbocycles. The number of carboxylic acids is 3. The molecule has 0 fully saturated rings. The quantitative estimate of drug-likeness (QED) is 0.0501. The van der Waals surface area contributed by atoms with E-state index in [1.165, 1.54) is 103 Å². The van der Waals surface area contributed by atoms with Gasteiger partial charge in [0.05, 0.1) is 26.2 Å². The molecule has 0 aromatic carbocycles. The summed E-state index contributed by atoms with van der Waals surface area (Å²) in [5, 5.41) is 30.6. The van der Waals surface area contributed by atoms with Crippen molar-refractivity contribution in [1.82, 2.24) is 0 Å². The molecule has 0 bridgehead atoms. The minimum atomic E-state index is -1.18. The molecule has 7 nitrogen and oxygen atoms in total. The van der Waals surface area contributed by atoms with Gasteiger partial charge in [-0.05, 0) is 52.4 Å². The van der Waals surface area contributed by atoms with Gasteiger partial charge < -0.3 is 24.6 Å². The van der Waals surface area contributed by atoms with Gasteiger partial charge in [0.25, 0.3) is 0 Å². The molecule has 0 rings (SSSR count). The Bertz CT molecular complexity index is 682. The zero-order chi connectivity index (χ0) is 31.6. The molecule has 246 valence electrons. The summed E-state index contributed by atoms with van der Waals surface area (Å²) in [7, 11) is 0. The van der Waals surface area contributed by atoms with E-state index in [4.69, 9.17) is 0 Å². The van der Waals surface area contributed by atoms with Gasteiger partial charge in [0.2, 0.25) is 0 Å². The summed E-state index contributed by atoms with van der Waals surface area (Å²) < 4.78 is 0.186. The van der Waals surface area contributed by atoms with Crippen molar-refractivity contribution in [1.29, 1.82) is 0 Å². The molecule has 7 heteroatoms. The maximum atomic E-state index is 11.6. The van der Waals surface area contributed by atoms with Crippen molar-refractivity contribution >= 4 is 17.9 Å². The Morgan fingerprint density at radius 2 is 0.905 bits per heavy atom. The summed E-state index contributed by atoms with van der Waals surface area (Å²) in [6, 6.07) is 0. The van der Waals surface area contributed by atoms with E-state index in [0.717, 1.165) is 19.3 Å². The van der Waals surface area contributed by atoms with Crippen LogP contribution in [-0.2, 0) is 14.4 Å². The lowest BCUT2D eigenvalue weighted by atomic mass is 10.00. The Hall–Kier alpha value is -1.89. The fraction of sp³-hybridized carbons (Fsp3) is 0.857. The number of hydrogen-bond donors (Lipinski definition) is 2. The van der Waals surface area contributed by atoms with Crippen LogP contribution in [0.15, 0.2) is 12.2 Å². The largest absolute Gasteiger partial charge is 0.550 e. The van der Waals surface area contributed by atoms with Gasteiger partial charge in [0, 0.05) is 11.9 Å². The van der Waals surface area contributed by atoms with Crippen LogP contribution in [0.2, 0.25) is 0 Å². The fourth-order valence-corrected chi connectivity index (χ4v) is 6.05. The highest BCUT2D eigenvalue weighted by Gasteiger charge is 2.36. The van der Waals surface area contributed by atoms with Crippen molar-refractivity contribution in [2.75, 3.05) is 26.2 Å². The maximum absolute atomic E-state index is 11.6. The van der Waals surface area contributed by atoms with Crippen LogP contribution in [0.4, 0.5) is 0 Å². The third-order valence-corrected chi connectivity index (χ3v) is 8.62. The van der Waals surface area contributed by atoms with E-state index < -0.39 is 35.7 Å². The zero-order valence-corrected chi connectivity index (χ0v) is 27.6. The van der Waals surface area contributed by atoms with Gasteiger partial charge in [-0.2, -0.15) is 0 Å². The van der Waals surface area contributed by atoms with Crippen LogP contribution < -0.4 is 5.11 Å². The Labute approximate surface area is 257 Å². The topological polar surface area (TPSA) is 115 Å². The Kier molecular flexibility index (Phi) is 24.4. The molecule has 0 radical (unpaired) electrons. The fourth-order valence-electron chi connectivity index (χ4n) is 6.05. The molecule has 0 aliphatic rings. The SMILES string of the molecule is CCCCCC/C=C/CCCCCCCCCCCCCCC[N+](CC(C)C(=O)[O-])(CC(C)C(=O)O)CC(C)C(=O)O. The van der Waals surface area contributed by atoms with Gasteiger partial charge in [-0.15, -0.1) is 0 Å². The smallest absolute Gasteiger partial charge is 0.311 e. The Morgan fingerprint density at radius 3 is 1.26 bits per heavy atom. The Morgan fingerprint density at radius 1 is 0.571 bits per heavy atom. The van der Waals surface area contributed by atoms with E-state index in [9.17, 15) is 29.7 Å². The van der Waals surface area contributed by atoms with E-state index in [1.54, 1.807) is 20.8 Å². The minimum absolute atomic E-state index is 0.186. The van der Waals surface area contributed by atoms with Gasteiger partial charge >= 0.3 is 11.9 Å². The predicted octanol–water partition coefficient (Wildman–Crippen LogP) is 7.62. The molecule has 3 atom stereocenters. The van der Waals surface area contributed by atoms with E-state index in [-0.39, 0.29) is 24.1 Å². The number of carboxylic acid groups (broad SMARTS) is 3. The van der Waals surface area contributed by atoms with Gasteiger partial charge in [-0.3, -0.25) is 9.59 Å². The molecule has 0 saturated heterocycles. The molecular formula is C35H65NO6. The Balaban J connectivity index is 4.19. The first-order valence-corrected chi connectivity index (χ1v) is 17.2. The molecular weight excluding hydrogens is 530 g/mol. The van der Waals surface area contributed by atoms with E-state index in [2.05, 4.69) is 19.1 Å². The van der Waals surface area contributed by atoms with Crippen LogP contribution in [0.5, 0.6) is 0 Å². The van der Waals surface area contributed by atoms with E-state index >= 15 is 0 Å². The van der Waals surface area contributed by atoms with E-state index in [0.29, 0.717) is 6.54 Å². The first-order valence-electron chi connectivity index (χ1n) is 17.2. The molecule has 0 aromatic rings. The lowest BCUT2D eigenvalue weighted by Crippen LogP contribution is -2.58. The van der Waals surface area contributed by atoms with Crippen LogP contribution in [0.3, 0.4) is 0 Å². The first-order chi connectivity index (χ1) is 20.0. The number of rotatable bonds is 30. The molecule has 0 aliphatic heterocycles. The summed E-state index contributed by atoms with van der Waals surface area (Å²) in [4.78, 5) is 34.8. The highest BCUT2D eigenvalue weighted by Crippen LogP contribution is 2.22. The van der Waals surface area contributed by atoms with Crippen molar-refractivity contribution in [3.8, 4) is 0 Å². The van der Waals surface area contributed by atoms with Crippen molar-refractivity contribution in [2.24, 2.45) is 17.8 Å². The average Bonchev–Trinajstić information content (AvgIpc) is 2.93. The number of aliphatic carboxylic acids is 3. The molecule has 0 amide bonds. The summed E-state index contributed by atoms with van der Waals surface area (Å²) in [6.07, 6.45) is 28.4. The van der Waals surface area contributed by atoms with Crippen LogP contribution in [-0.4, -0.2) is 58.8 Å². The van der Waals surface area contributed by atoms with Crippen molar-refractivity contribution in [3.05, 3.63) is 12.2 Å². The number of nitrogens with zero attached hydrogens (tertiary/aromatic N) is 1. The molecule has 0 aromatic heterocycles. The third kappa shape index (κ3) is 21.8. The number of quaternary nitrogens is 1. The van der Waals surface area contributed by atoms with Crippen LogP contribution in [0.25, 0.3) is 0 Å². The minimum Gasteiger partial charge on any atom is -0.550 e. The molecule has 0 heterocycles. The summed E-state index contributed by atoms with van der Waals surface area (Å²) in [5.41, 5.74) is 0. The predicted molar refractivity (Wildman–Crippen MR) is 170 cm³/mol. The lowest BCUT2D eigenvalue weighted by Gasteiger charge is -2.43. The molecule has 0 aliphatic carbocycles. The molecule has 3 unspecified atom stereocenters. The van der Waals surface area contributed by atoms with E-state index in [1.807, 2.05) is 0 Å². The second-order valence-electron chi connectivity index (χ2n) is 13.0.